The van der Waals surface area contributed by atoms with Gasteiger partial charge in [0.05, 0.1) is 19.1 Å². The molecule has 0 aliphatic heterocycles. The van der Waals surface area contributed by atoms with Crippen LogP contribution in [0.25, 0.3) is 0 Å². The fourth-order valence-electron chi connectivity index (χ4n) is 1.28. The molecular formula is C10H6ClFN4. The second kappa shape index (κ2) is 4.29. The van der Waals surface area contributed by atoms with Crippen molar-refractivity contribution >= 4 is 11.6 Å². The van der Waals surface area contributed by atoms with E-state index in [0.717, 1.165) is 6.20 Å². The van der Waals surface area contributed by atoms with Gasteiger partial charge in [-0.2, -0.15) is 5.26 Å². The van der Waals surface area contributed by atoms with Crippen LogP contribution in [0.4, 0.5) is 4.39 Å². The monoisotopic (exact) mass is 236 g/mol. The lowest BCUT2D eigenvalue weighted by Gasteiger charge is -2.03. The summed E-state index contributed by atoms with van der Waals surface area (Å²) in [6, 6.07) is 3.21. The zero-order valence-electron chi connectivity index (χ0n) is 8.06. The molecule has 0 spiro atoms. The minimum atomic E-state index is -0.444. The SMILES string of the molecule is N#Cc1cn(Cc2cc(F)cnc2Cl)cn1. The number of hydrogen-bond donors (Lipinski definition) is 0. The van der Waals surface area contributed by atoms with E-state index in [9.17, 15) is 4.39 Å². The largest absolute Gasteiger partial charge is 0.332 e. The van der Waals surface area contributed by atoms with Gasteiger partial charge in [-0.3, -0.25) is 0 Å². The maximum Gasteiger partial charge on any atom is 0.158 e. The van der Waals surface area contributed by atoms with Crippen molar-refractivity contribution in [1.29, 1.82) is 5.26 Å². The summed E-state index contributed by atoms with van der Waals surface area (Å²) < 4.78 is 14.6. The van der Waals surface area contributed by atoms with Crippen LogP contribution in [-0.4, -0.2) is 14.5 Å². The second-order valence-corrected chi connectivity index (χ2v) is 3.50. The zero-order valence-corrected chi connectivity index (χ0v) is 8.82. The molecule has 0 amide bonds. The minimum Gasteiger partial charge on any atom is -0.332 e. The lowest BCUT2D eigenvalue weighted by Crippen LogP contribution is -1.99. The molecule has 0 radical (unpaired) electrons. The van der Waals surface area contributed by atoms with E-state index in [1.54, 1.807) is 10.8 Å². The van der Waals surface area contributed by atoms with E-state index in [-0.39, 0.29) is 5.15 Å². The molecule has 0 aromatic carbocycles. The summed E-state index contributed by atoms with van der Waals surface area (Å²) in [6.07, 6.45) is 4.10. The first kappa shape index (κ1) is 10.6. The van der Waals surface area contributed by atoms with Crippen molar-refractivity contribution < 1.29 is 4.39 Å². The van der Waals surface area contributed by atoms with Crippen LogP contribution in [0, 0.1) is 17.1 Å². The first-order chi connectivity index (χ1) is 7.69. The van der Waals surface area contributed by atoms with Gasteiger partial charge in [-0.1, -0.05) is 11.6 Å². The molecule has 0 fully saturated rings. The summed E-state index contributed by atoms with van der Waals surface area (Å²) in [4.78, 5) is 7.52. The molecule has 6 heteroatoms. The summed E-state index contributed by atoms with van der Waals surface area (Å²) in [5.41, 5.74) is 0.851. The third kappa shape index (κ3) is 2.18. The van der Waals surface area contributed by atoms with Crippen molar-refractivity contribution in [1.82, 2.24) is 14.5 Å². The fraction of sp³-hybridized carbons (Fsp3) is 0.100. The van der Waals surface area contributed by atoms with E-state index in [2.05, 4.69) is 9.97 Å². The first-order valence-electron chi connectivity index (χ1n) is 4.41. The van der Waals surface area contributed by atoms with E-state index in [0.29, 0.717) is 17.8 Å². The highest BCUT2D eigenvalue weighted by molar-refractivity contribution is 6.30. The molecule has 0 bridgehead atoms. The molecule has 80 valence electrons. The van der Waals surface area contributed by atoms with Crippen LogP contribution in [0.1, 0.15) is 11.3 Å². The molecule has 2 heterocycles. The number of nitrogens with zero attached hydrogens (tertiary/aromatic N) is 4. The van der Waals surface area contributed by atoms with Crippen molar-refractivity contribution in [2.45, 2.75) is 6.54 Å². The van der Waals surface area contributed by atoms with Crippen molar-refractivity contribution in [2.75, 3.05) is 0 Å². The van der Waals surface area contributed by atoms with Gasteiger partial charge in [-0.25, -0.2) is 14.4 Å². The Morgan fingerprint density at radius 1 is 1.50 bits per heavy atom. The smallest absolute Gasteiger partial charge is 0.158 e. The van der Waals surface area contributed by atoms with E-state index in [1.807, 2.05) is 6.07 Å². The highest BCUT2D eigenvalue weighted by Crippen LogP contribution is 2.15. The topological polar surface area (TPSA) is 54.5 Å². The normalized spacial score (nSPS) is 10.1. The number of hydrogen-bond acceptors (Lipinski definition) is 3. The minimum absolute atomic E-state index is 0.244. The van der Waals surface area contributed by atoms with Crippen LogP contribution in [0.3, 0.4) is 0 Å². The number of nitriles is 1. The number of pyridine rings is 1. The molecule has 0 saturated heterocycles. The van der Waals surface area contributed by atoms with Crippen LogP contribution in [-0.2, 0) is 6.54 Å². The number of halogens is 2. The number of imidazole rings is 1. The summed E-state index contributed by atoms with van der Waals surface area (Å²) >= 11 is 5.81. The molecule has 0 saturated carbocycles. The molecule has 2 aromatic heterocycles. The Morgan fingerprint density at radius 2 is 2.31 bits per heavy atom. The van der Waals surface area contributed by atoms with Crippen LogP contribution in [0.5, 0.6) is 0 Å². The predicted octanol–water partition coefficient (Wildman–Crippen LogP) is 1.99. The van der Waals surface area contributed by atoms with Crippen molar-refractivity contribution in [3.05, 3.63) is 47.0 Å². The quantitative estimate of drug-likeness (QED) is 0.750. The number of aromatic nitrogens is 3. The van der Waals surface area contributed by atoms with Crippen molar-refractivity contribution in [3.8, 4) is 6.07 Å². The number of rotatable bonds is 2. The highest BCUT2D eigenvalue weighted by atomic mass is 35.5. The van der Waals surface area contributed by atoms with E-state index in [1.165, 1.54) is 12.4 Å². The van der Waals surface area contributed by atoms with Gasteiger partial charge in [-0.05, 0) is 6.07 Å². The first-order valence-corrected chi connectivity index (χ1v) is 4.78. The van der Waals surface area contributed by atoms with Gasteiger partial charge in [0.1, 0.15) is 17.0 Å². The molecule has 16 heavy (non-hydrogen) atoms. The predicted molar refractivity (Wildman–Crippen MR) is 55.2 cm³/mol. The lowest BCUT2D eigenvalue weighted by molar-refractivity contribution is 0.616. The van der Waals surface area contributed by atoms with Gasteiger partial charge < -0.3 is 4.57 Å². The average molecular weight is 237 g/mol. The fourth-order valence-corrected chi connectivity index (χ4v) is 1.44. The summed E-state index contributed by atoms with van der Waals surface area (Å²) in [7, 11) is 0. The molecule has 0 aliphatic rings. The van der Waals surface area contributed by atoms with Crippen molar-refractivity contribution in [3.63, 3.8) is 0 Å². The summed E-state index contributed by atoms with van der Waals surface area (Å²) in [5.74, 6) is -0.444. The van der Waals surface area contributed by atoms with Gasteiger partial charge in [0.2, 0.25) is 0 Å². The molecule has 0 unspecified atom stereocenters. The van der Waals surface area contributed by atoms with Gasteiger partial charge in [-0.15, -0.1) is 0 Å². The van der Waals surface area contributed by atoms with Gasteiger partial charge in [0.25, 0.3) is 0 Å². The van der Waals surface area contributed by atoms with E-state index in [4.69, 9.17) is 16.9 Å². The third-order valence-electron chi connectivity index (χ3n) is 1.98. The molecule has 2 aromatic rings. The standard InChI is InChI=1S/C10H6ClFN4/c11-10-7(1-8(12)3-14-10)4-16-5-9(2-13)15-6-16/h1,3,5-6H,4H2. The van der Waals surface area contributed by atoms with Gasteiger partial charge in [0, 0.05) is 11.8 Å². The Hall–Kier alpha value is -1.93. The molecule has 0 aliphatic carbocycles. The molecule has 2 rings (SSSR count). The molecule has 4 nitrogen and oxygen atoms in total. The Balaban J connectivity index is 2.27. The molecule has 0 N–H and O–H groups in total. The summed E-state index contributed by atoms with van der Waals surface area (Å²) in [5, 5.41) is 8.84. The molecular weight excluding hydrogens is 231 g/mol. The van der Waals surface area contributed by atoms with E-state index >= 15 is 0 Å². The van der Waals surface area contributed by atoms with Crippen LogP contribution in [0.2, 0.25) is 5.15 Å². The summed E-state index contributed by atoms with van der Waals surface area (Å²) in [6.45, 7) is 0.332. The Bertz CT molecular complexity index is 558. The third-order valence-corrected chi connectivity index (χ3v) is 2.32. The highest BCUT2D eigenvalue weighted by Gasteiger charge is 2.05. The maximum absolute atomic E-state index is 12.9. The Labute approximate surface area is 95.9 Å². The Morgan fingerprint density at radius 3 is 3.00 bits per heavy atom. The van der Waals surface area contributed by atoms with Gasteiger partial charge >= 0.3 is 0 Å². The van der Waals surface area contributed by atoms with Crippen molar-refractivity contribution in [2.24, 2.45) is 0 Å². The average Bonchev–Trinajstić information content (AvgIpc) is 2.71. The molecule has 0 atom stereocenters. The lowest BCUT2D eigenvalue weighted by atomic mass is 10.3. The van der Waals surface area contributed by atoms with E-state index < -0.39 is 5.82 Å². The van der Waals surface area contributed by atoms with Crippen LogP contribution >= 0.6 is 11.6 Å². The maximum atomic E-state index is 12.9. The van der Waals surface area contributed by atoms with Crippen LogP contribution < -0.4 is 0 Å². The van der Waals surface area contributed by atoms with Gasteiger partial charge in [0.15, 0.2) is 5.69 Å². The second-order valence-electron chi connectivity index (χ2n) is 3.15. The van der Waals surface area contributed by atoms with Crippen LogP contribution in [0.15, 0.2) is 24.8 Å². The Kier molecular flexibility index (Phi) is 2.84. The zero-order chi connectivity index (χ0) is 11.5.